The third kappa shape index (κ3) is 5.51. The van der Waals surface area contributed by atoms with Crippen molar-refractivity contribution in [2.45, 2.75) is 6.54 Å². The Labute approximate surface area is 214 Å². The molecule has 0 aliphatic carbocycles. The van der Waals surface area contributed by atoms with E-state index < -0.39 is 22.9 Å². The highest BCUT2D eigenvalue weighted by Gasteiger charge is 2.35. The number of halogens is 3. The van der Waals surface area contributed by atoms with Gasteiger partial charge in [-0.05, 0) is 65.9 Å². The summed E-state index contributed by atoms with van der Waals surface area (Å²) in [4.78, 5) is 38.8. The molecule has 0 unspecified atom stereocenters. The van der Waals surface area contributed by atoms with Gasteiger partial charge < -0.3 is 9.47 Å². The van der Waals surface area contributed by atoms with Gasteiger partial charge in [0.2, 0.25) is 0 Å². The monoisotopic (exact) mass is 531 g/mol. The van der Waals surface area contributed by atoms with Crippen LogP contribution in [0, 0.1) is 5.82 Å². The van der Waals surface area contributed by atoms with E-state index in [-0.39, 0.29) is 39.1 Å². The van der Waals surface area contributed by atoms with Crippen LogP contribution in [-0.2, 0) is 11.3 Å². The van der Waals surface area contributed by atoms with Gasteiger partial charge in [-0.1, -0.05) is 41.4 Å². The molecule has 1 saturated heterocycles. The lowest BCUT2D eigenvalue weighted by molar-refractivity contribution is -0.123. The predicted molar refractivity (Wildman–Crippen MR) is 132 cm³/mol. The summed E-state index contributed by atoms with van der Waals surface area (Å²) in [6, 6.07) is 15.0. The number of esters is 1. The van der Waals surface area contributed by atoms with Crippen molar-refractivity contribution in [3.05, 3.63) is 98.1 Å². The molecule has 3 aromatic rings. The molecule has 0 radical (unpaired) electrons. The molecule has 35 heavy (non-hydrogen) atoms. The highest BCUT2D eigenvalue weighted by molar-refractivity contribution is 8.18. The predicted octanol–water partition coefficient (Wildman–Crippen LogP) is 6.60. The van der Waals surface area contributed by atoms with E-state index in [0.717, 1.165) is 16.7 Å². The number of rotatable bonds is 6. The molecule has 2 amide bonds. The minimum atomic E-state index is -0.663. The van der Waals surface area contributed by atoms with Gasteiger partial charge in [0, 0.05) is 10.6 Å². The minimum Gasteiger partial charge on any atom is -0.493 e. The first-order chi connectivity index (χ1) is 16.8. The standard InChI is InChI=1S/C25H16Cl2FNO5S/c1-33-20-11-14(10-18(27)22(20)34-24(31)15-6-8-17(26)9-7-15)12-21-23(30)29(25(32)35-21)13-16-4-2-3-5-19(16)28/h2-12H,13H2,1H3/b21-12-. The lowest BCUT2D eigenvalue weighted by Crippen LogP contribution is -2.27. The number of hydrogen-bond donors (Lipinski definition) is 0. The molecular weight excluding hydrogens is 516 g/mol. The molecule has 0 aromatic heterocycles. The SMILES string of the molecule is COc1cc(/C=C2\SC(=O)N(Cc3ccccc3F)C2=O)cc(Cl)c1OC(=O)c1ccc(Cl)cc1. The Kier molecular flexibility index (Phi) is 7.45. The van der Waals surface area contributed by atoms with Gasteiger partial charge in [-0.15, -0.1) is 0 Å². The Bertz CT molecular complexity index is 1360. The average molecular weight is 532 g/mol. The smallest absolute Gasteiger partial charge is 0.343 e. The highest BCUT2D eigenvalue weighted by atomic mass is 35.5. The van der Waals surface area contributed by atoms with Crippen molar-refractivity contribution >= 4 is 58.2 Å². The first-order valence-electron chi connectivity index (χ1n) is 10.1. The summed E-state index contributed by atoms with van der Waals surface area (Å²) in [7, 11) is 1.37. The summed E-state index contributed by atoms with van der Waals surface area (Å²) in [5, 5.41) is 0.0133. The summed E-state index contributed by atoms with van der Waals surface area (Å²) in [6.07, 6.45) is 1.46. The molecule has 4 rings (SSSR count). The van der Waals surface area contributed by atoms with Crippen LogP contribution < -0.4 is 9.47 Å². The molecule has 1 aliphatic rings. The second-order valence-electron chi connectivity index (χ2n) is 7.29. The van der Waals surface area contributed by atoms with Crippen molar-refractivity contribution in [3.8, 4) is 11.5 Å². The fourth-order valence-corrected chi connectivity index (χ4v) is 4.47. The van der Waals surface area contributed by atoms with Crippen LogP contribution >= 0.6 is 35.0 Å². The summed E-state index contributed by atoms with van der Waals surface area (Å²) < 4.78 is 24.7. The normalized spacial score (nSPS) is 14.5. The van der Waals surface area contributed by atoms with Gasteiger partial charge in [0.1, 0.15) is 5.82 Å². The van der Waals surface area contributed by atoms with Gasteiger partial charge in [-0.25, -0.2) is 9.18 Å². The van der Waals surface area contributed by atoms with E-state index in [1.807, 2.05) is 0 Å². The molecule has 0 N–H and O–H groups in total. The number of carbonyl (C=O) groups is 3. The van der Waals surface area contributed by atoms with Crippen LogP contribution in [0.2, 0.25) is 10.0 Å². The quantitative estimate of drug-likeness (QED) is 0.203. The van der Waals surface area contributed by atoms with Crippen molar-refractivity contribution in [2.75, 3.05) is 7.11 Å². The van der Waals surface area contributed by atoms with E-state index >= 15 is 0 Å². The number of amides is 2. The number of imide groups is 1. The maximum atomic E-state index is 14.0. The van der Waals surface area contributed by atoms with Gasteiger partial charge in [0.25, 0.3) is 11.1 Å². The van der Waals surface area contributed by atoms with Crippen LogP contribution in [0.25, 0.3) is 6.08 Å². The Hall–Kier alpha value is -3.33. The molecule has 0 spiro atoms. The van der Waals surface area contributed by atoms with E-state index in [4.69, 9.17) is 32.7 Å². The molecule has 0 atom stereocenters. The summed E-state index contributed by atoms with van der Waals surface area (Å²) in [6.45, 7) is -0.182. The number of methoxy groups -OCH3 is 1. The summed E-state index contributed by atoms with van der Waals surface area (Å²) >= 11 is 12.9. The van der Waals surface area contributed by atoms with Crippen molar-refractivity contribution in [3.63, 3.8) is 0 Å². The maximum Gasteiger partial charge on any atom is 0.343 e. The number of ether oxygens (including phenoxy) is 2. The van der Waals surface area contributed by atoms with Crippen LogP contribution in [0.5, 0.6) is 11.5 Å². The van der Waals surface area contributed by atoms with Gasteiger partial charge in [0.15, 0.2) is 11.5 Å². The van der Waals surface area contributed by atoms with Gasteiger partial charge >= 0.3 is 5.97 Å². The van der Waals surface area contributed by atoms with E-state index in [1.54, 1.807) is 18.2 Å². The molecule has 178 valence electrons. The molecule has 0 bridgehead atoms. The van der Waals surface area contributed by atoms with E-state index in [2.05, 4.69) is 0 Å². The Morgan fingerprint density at radius 3 is 2.49 bits per heavy atom. The lowest BCUT2D eigenvalue weighted by Gasteiger charge is -2.13. The zero-order chi connectivity index (χ0) is 25.1. The van der Waals surface area contributed by atoms with Gasteiger partial charge in [0.05, 0.1) is 29.1 Å². The first-order valence-corrected chi connectivity index (χ1v) is 11.7. The van der Waals surface area contributed by atoms with Crippen LogP contribution in [0.15, 0.2) is 65.6 Å². The fourth-order valence-electron chi connectivity index (χ4n) is 3.24. The van der Waals surface area contributed by atoms with E-state index in [0.29, 0.717) is 10.6 Å². The second kappa shape index (κ2) is 10.5. The second-order valence-corrected chi connectivity index (χ2v) is 9.13. The molecule has 0 saturated carbocycles. The number of benzene rings is 3. The third-order valence-corrected chi connectivity index (χ3v) is 6.42. The van der Waals surface area contributed by atoms with Crippen molar-refractivity contribution < 1.29 is 28.2 Å². The molecule has 1 fully saturated rings. The largest absolute Gasteiger partial charge is 0.493 e. The van der Waals surface area contributed by atoms with Crippen molar-refractivity contribution in [2.24, 2.45) is 0 Å². The fraction of sp³-hybridized carbons (Fsp3) is 0.0800. The Balaban J connectivity index is 1.57. The lowest BCUT2D eigenvalue weighted by atomic mass is 10.1. The third-order valence-electron chi connectivity index (χ3n) is 4.98. The van der Waals surface area contributed by atoms with E-state index in [1.165, 1.54) is 55.7 Å². The number of thioether (sulfide) groups is 1. The van der Waals surface area contributed by atoms with Crippen LogP contribution in [0.1, 0.15) is 21.5 Å². The van der Waals surface area contributed by atoms with Crippen molar-refractivity contribution in [1.82, 2.24) is 4.90 Å². The topological polar surface area (TPSA) is 72.9 Å². The van der Waals surface area contributed by atoms with Gasteiger partial charge in [-0.3, -0.25) is 14.5 Å². The summed E-state index contributed by atoms with van der Waals surface area (Å²) in [5.41, 5.74) is 0.933. The Morgan fingerprint density at radius 1 is 1.09 bits per heavy atom. The zero-order valence-corrected chi connectivity index (χ0v) is 20.4. The molecule has 1 aliphatic heterocycles. The van der Waals surface area contributed by atoms with Crippen LogP contribution in [0.3, 0.4) is 0 Å². The molecule has 6 nitrogen and oxygen atoms in total. The van der Waals surface area contributed by atoms with Crippen molar-refractivity contribution in [1.29, 1.82) is 0 Å². The first kappa shape index (κ1) is 24.8. The van der Waals surface area contributed by atoms with E-state index in [9.17, 15) is 18.8 Å². The minimum absolute atomic E-state index is 0.000996. The maximum absolute atomic E-state index is 14.0. The van der Waals surface area contributed by atoms with Crippen LogP contribution in [0.4, 0.5) is 9.18 Å². The molecule has 3 aromatic carbocycles. The molecular formula is C25H16Cl2FNO5S. The summed E-state index contributed by atoms with van der Waals surface area (Å²) in [5.74, 6) is -1.58. The molecule has 1 heterocycles. The number of nitrogens with zero attached hydrogens (tertiary/aromatic N) is 1. The van der Waals surface area contributed by atoms with Crippen LogP contribution in [-0.4, -0.2) is 29.1 Å². The zero-order valence-electron chi connectivity index (χ0n) is 18.1. The highest BCUT2D eigenvalue weighted by Crippen LogP contribution is 2.39. The number of carbonyl (C=O) groups excluding carboxylic acids is 3. The number of hydrogen-bond acceptors (Lipinski definition) is 6. The average Bonchev–Trinajstić information content (AvgIpc) is 3.09. The van der Waals surface area contributed by atoms with Gasteiger partial charge in [-0.2, -0.15) is 0 Å². The molecule has 10 heteroatoms. The Morgan fingerprint density at radius 2 is 1.80 bits per heavy atom.